The van der Waals surface area contributed by atoms with Crippen LogP contribution < -0.4 is 0 Å². The third-order valence-corrected chi connectivity index (χ3v) is 11.0. The molecule has 310 valence electrons. The van der Waals surface area contributed by atoms with Crippen LogP contribution in [-0.4, -0.2) is 134 Å². The number of rotatable bonds is 17. The lowest BCUT2D eigenvalue weighted by atomic mass is 9.77. The van der Waals surface area contributed by atoms with Crippen LogP contribution in [0.25, 0.3) is 0 Å². The molecule has 0 saturated carbocycles. The Balaban J connectivity index is 2.16. The molecular weight excluding hydrogens is 698 g/mol. The Morgan fingerprint density at radius 2 is 1.65 bits per heavy atom. The van der Waals surface area contributed by atoms with Gasteiger partial charge in [-0.1, -0.05) is 32.0 Å². The van der Waals surface area contributed by atoms with Crippen molar-refractivity contribution >= 4 is 11.9 Å². The molecule has 2 aliphatic rings. The van der Waals surface area contributed by atoms with Crippen LogP contribution in [0.1, 0.15) is 98.9 Å². The molecule has 2 fully saturated rings. The molecule has 0 aliphatic carbocycles. The molecule has 0 radical (unpaired) electrons. The van der Waals surface area contributed by atoms with Crippen LogP contribution in [0.3, 0.4) is 0 Å². The van der Waals surface area contributed by atoms with Crippen molar-refractivity contribution in [3.8, 4) is 0 Å². The van der Waals surface area contributed by atoms with E-state index in [1.807, 2.05) is 52.8 Å². The van der Waals surface area contributed by atoms with Crippen LogP contribution in [0.2, 0.25) is 0 Å². The molecule has 0 bridgehead atoms. The topological polar surface area (TPSA) is 152 Å². The van der Waals surface area contributed by atoms with Gasteiger partial charge in [-0.3, -0.25) is 4.79 Å². The second kappa shape index (κ2) is 19.3. The maximum absolute atomic E-state index is 13.9. The molecule has 13 heteroatoms. The second-order valence-corrected chi connectivity index (χ2v) is 17.1. The Labute approximate surface area is 323 Å². The van der Waals surface area contributed by atoms with E-state index in [-0.39, 0.29) is 31.1 Å². The maximum atomic E-state index is 13.9. The summed E-state index contributed by atoms with van der Waals surface area (Å²) < 4.78 is 50.8. The third-order valence-electron chi connectivity index (χ3n) is 11.0. The lowest BCUT2D eigenvalue weighted by molar-refractivity contribution is -0.319. The van der Waals surface area contributed by atoms with Gasteiger partial charge in [0.25, 0.3) is 0 Å². The minimum Gasteiger partial charge on any atom is -0.460 e. The van der Waals surface area contributed by atoms with Gasteiger partial charge < -0.3 is 53.0 Å². The molecule has 2 saturated heterocycles. The number of nitrogens with zero attached hydrogens (tertiary/aromatic N) is 1. The molecule has 2 unspecified atom stereocenters. The van der Waals surface area contributed by atoms with E-state index in [4.69, 9.17) is 37.9 Å². The SMILES string of the molecule is CO[C@](C)(C[C@@H](C)CO)[C@H](OC1O[C@H](C)C[C@H](N(C)C)[C@H]1OC(=O)c1ccccc1)[C@@H](C)[C@H](OC1C[C@@](C)(OC)[C@@H](O)[C@H](C)O1)[C@@H](C)C(=O)OC(C)(C)C. The molecule has 2 aliphatic heterocycles. The van der Waals surface area contributed by atoms with E-state index in [2.05, 4.69) is 0 Å². The normalized spacial score (nSPS) is 31.8. The minimum absolute atomic E-state index is 0.100. The summed E-state index contributed by atoms with van der Waals surface area (Å²) in [6.07, 6.45) is -5.26. The summed E-state index contributed by atoms with van der Waals surface area (Å²) in [6, 6.07) is 8.50. The molecule has 2 heterocycles. The molecule has 0 spiro atoms. The Morgan fingerprint density at radius 1 is 1.02 bits per heavy atom. The number of methoxy groups -OCH3 is 2. The van der Waals surface area contributed by atoms with Gasteiger partial charge in [-0.05, 0) is 100 Å². The van der Waals surface area contributed by atoms with Gasteiger partial charge in [-0.25, -0.2) is 4.79 Å². The number of hydrogen-bond donors (Lipinski definition) is 2. The summed E-state index contributed by atoms with van der Waals surface area (Å²) in [5.74, 6) is -2.67. The average Bonchev–Trinajstić information content (AvgIpc) is 3.11. The zero-order valence-electron chi connectivity index (χ0n) is 35.1. The van der Waals surface area contributed by atoms with Crippen molar-refractivity contribution in [1.82, 2.24) is 4.90 Å². The van der Waals surface area contributed by atoms with Crippen molar-refractivity contribution in [3.05, 3.63) is 35.9 Å². The van der Waals surface area contributed by atoms with Gasteiger partial charge in [0.2, 0.25) is 0 Å². The standard InChI is InChI=1S/C41H69NO12/c1-24(23-43)21-41(10,48-14)35(53-38-33(30(42(11)12)20-25(2)49-38)52-37(46)29-18-16-15-17-19-29)26(3)32(27(4)36(45)54-39(6,7)8)51-31-22-40(9,47-13)34(44)28(5)50-31/h15-19,24-28,30-35,38,43-44H,20-23H2,1-14H3/t24-,25-,26+,27-,28+,30+,31?,32+,33-,34+,35-,38?,40-,41-/m1/s1. The lowest BCUT2D eigenvalue weighted by Crippen LogP contribution is -2.61. The molecule has 3 rings (SSSR count). The third kappa shape index (κ3) is 11.7. The average molecular weight is 768 g/mol. The van der Waals surface area contributed by atoms with Gasteiger partial charge >= 0.3 is 11.9 Å². The Bertz CT molecular complexity index is 1320. The summed E-state index contributed by atoms with van der Waals surface area (Å²) in [5.41, 5.74) is -2.45. The first-order valence-electron chi connectivity index (χ1n) is 19.3. The molecule has 14 atom stereocenters. The fourth-order valence-electron chi connectivity index (χ4n) is 7.74. The molecule has 1 aromatic rings. The van der Waals surface area contributed by atoms with Gasteiger partial charge in [0.05, 0.1) is 53.1 Å². The number of aliphatic hydroxyl groups excluding tert-OH is 2. The second-order valence-electron chi connectivity index (χ2n) is 17.1. The molecule has 2 N–H and O–H groups in total. The number of aliphatic hydroxyl groups is 2. The van der Waals surface area contributed by atoms with Gasteiger partial charge in [0, 0.05) is 33.2 Å². The van der Waals surface area contributed by atoms with Crippen molar-refractivity contribution in [2.75, 3.05) is 34.9 Å². The first-order chi connectivity index (χ1) is 25.1. The molecule has 13 nitrogen and oxygen atoms in total. The van der Waals surface area contributed by atoms with E-state index < -0.39 is 83.7 Å². The maximum Gasteiger partial charge on any atom is 0.338 e. The zero-order chi connectivity index (χ0) is 40.8. The number of benzene rings is 1. The molecule has 1 aromatic carbocycles. The van der Waals surface area contributed by atoms with Crippen LogP contribution >= 0.6 is 0 Å². The Morgan fingerprint density at radius 3 is 2.19 bits per heavy atom. The lowest BCUT2D eigenvalue weighted by Gasteiger charge is -2.50. The number of ether oxygens (including phenoxy) is 8. The minimum atomic E-state index is -1.08. The van der Waals surface area contributed by atoms with E-state index in [9.17, 15) is 19.8 Å². The first-order valence-corrected chi connectivity index (χ1v) is 19.3. The van der Waals surface area contributed by atoms with Crippen molar-refractivity contribution in [3.63, 3.8) is 0 Å². The monoisotopic (exact) mass is 767 g/mol. The smallest absolute Gasteiger partial charge is 0.338 e. The van der Waals surface area contributed by atoms with Gasteiger partial charge in [0.15, 0.2) is 18.7 Å². The quantitative estimate of drug-likeness (QED) is 0.205. The van der Waals surface area contributed by atoms with Gasteiger partial charge in [-0.15, -0.1) is 0 Å². The summed E-state index contributed by atoms with van der Waals surface area (Å²) in [7, 11) is 6.96. The van der Waals surface area contributed by atoms with E-state index >= 15 is 0 Å². The summed E-state index contributed by atoms with van der Waals surface area (Å²) in [5, 5.41) is 21.2. The van der Waals surface area contributed by atoms with E-state index in [0.717, 1.165) is 0 Å². The predicted molar refractivity (Wildman–Crippen MR) is 203 cm³/mol. The van der Waals surface area contributed by atoms with Crippen LogP contribution in [0.4, 0.5) is 0 Å². The zero-order valence-corrected chi connectivity index (χ0v) is 35.1. The highest BCUT2D eigenvalue weighted by atomic mass is 16.7. The number of carbonyl (C=O) groups excluding carboxylic acids is 2. The fourth-order valence-corrected chi connectivity index (χ4v) is 7.74. The van der Waals surface area contributed by atoms with Crippen LogP contribution in [0.15, 0.2) is 30.3 Å². The Kier molecular flexibility index (Phi) is 16.5. The molecule has 54 heavy (non-hydrogen) atoms. The molecule has 0 aromatic heterocycles. The highest BCUT2D eigenvalue weighted by Crippen LogP contribution is 2.41. The van der Waals surface area contributed by atoms with Crippen molar-refractivity contribution in [1.29, 1.82) is 0 Å². The predicted octanol–water partition coefficient (Wildman–Crippen LogP) is 4.99. The van der Waals surface area contributed by atoms with Crippen LogP contribution in [0.5, 0.6) is 0 Å². The van der Waals surface area contributed by atoms with Crippen molar-refractivity contribution in [2.24, 2.45) is 17.8 Å². The summed E-state index contributed by atoms with van der Waals surface area (Å²) in [6.45, 7) is 18.3. The van der Waals surface area contributed by atoms with E-state index in [1.54, 1.807) is 72.9 Å². The first kappa shape index (κ1) is 46.2. The highest BCUT2D eigenvalue weighted by Gasteiger charge is 2.52. The number of esters is 2. The van der Waals surface area contributed by atoms with Crippen molar-refractivity contribution in [2.45, 2.75) is 161 Å². The highest BCUT2D eigenvalue weighted by molar-refractivity contribution is 5.89. The number of carbonyl (C=O) groups is 2. The van der Waals surface area contributed by atoms with E-state index in [0.29, 0.717) is 18.4 Å². The fraction of sp³-hybridized carbons (Fsp3) is 0.805. The summed E-state index contributed by atoms with van der Waals surface area (Å²) >= 11 is 0. The van der Waals surface area contributed by atoms with Gasteiger partial charge in [0.1, 0.15) is 11.7 Å². The van der Waals surface area contributed by atoms with Gasteiger partial charge in [-0.2, -0.15) is 0 Å². The number of likely N-dealkylation sites (N-methyl/N-ethyl adjacent to an activating group) is 1. The number of hydrogen-bond acceptors (Lipinski definition) is 13. The van der Waals surface area contributed by atoms with Crippen LogP contribution in [-0.2, 0) is 42.7 Å². The largest absolute Gasteiger partial charge is 0.460 e. The van der Waals surface area contributed by atoms with Crippen molar-refractivity contribution < 1.29 is 57.7 Å². The van der Waals surface area contributed by atoms with Crippen LogP contribution in [0, 0.1) is 17.8 Å². The Hall–Kier alpha value is -2.20. The van der Waals surface area contributed by atoms with E-state index in [1.165, 1.54) is 7.11 Å². The summed E-state index contributed by atoms with van der Waals surface area (Å²) in [4.78, 5) is 29.5. The molecule has 0 amide bonds. The molecular formula is C41H69NO12.